The second kappa shape index (κ2) is 7.16. The van der Waals surface area contributed by atoms with E-state index < -0.39 is 60.4 Å². The zero-order valence-corrected chi connectivity index (χ0v) is 11.6. The van der Waals surface area contributed by atoms with E-state index in [2.05, 4.69) is 0 Å². The Kier molecular flexibility index (Phi) is 5.80. The summed E-state index contributed by atoms with van der Waals surface area (Å²) in [7, 11) is 0. The van der Waals surface area contributed by atoms with Gasteiger partial charge in [-0.15, -0.1) is 0 Å². The molecule has 0 spiro atoms. The SMILES string of the molecule is CC(=O)[C@@H](O)CC(=O)[C@H](O)CC(=O)[C@H](O)N1C(=O)C=CC1=O. The maximum absolute atomic E-state index is 11.7. The predicted molar refractivity (Wildman–Crippen MR) is 68.9 cm³/mol. The van der Waals surface area contributed by atoms with Gasteiger partial charge in [-0.1, -0.05) is 0 Å². The number of nitrogens with zero attached hydrogens (tertiary/aromatic N) is 1. The van der Waals surface area contributed by atoms with E-state index >= 15 is 0 Å². The van der Waals surface area contributed by atoms with Gasteiger partial charge in [0.15, 0.2) is 23.6 Å². The molecule has 1 aliphatic heterocycles. The molecule has 0 bridgehead atoms. The minimum atomic E-state index is -2.12. The van der Waals surface area contributed by atoms with E-state index in [4.69, 9.17) is 0 Å². The summed E-state index contributed by atoms with van der Waals surface area (Å²) in [5.74, 6) is -4.55. The Balaban J connectivity index is 2.60. The first kappa shape index (κ1) is 17.8. The lowest BCUT2D eigenvalue weighted by Gasteiger charge is -2.20. The largest absolute Gasteiger partial charge is 0.385 e. The third kappa shape index (κ3) is 4.13. The predicted octanol–water partition coefficient (Wildman–Crippen LogP) is -2.54. The van der Waals surface area contributed by atoms with Crippen molar-refractivity contribution >= 4 is 29.2 Å². The molecule has 22 heavy (non-hydrogen) atoms. The van der Waals surface area contributed by atoms with Gasteiger partial charge in [-0.2, -0.15) is 0 Å². The number of carbonyl (C=O) groups excluding carboxylic acids is 5. The topological polar surface area (TPSA) is 149 Å². The number of rotatable bonds is 8. The van der Waals surface area contributed by atoms with Crippen LogP contribution in [0.15, 0.2) is 12.2 Å². The Labute approximate surface area is 124 Å². The molecule has 0 saturated heterocycles. The number of Topliss-reactive ketones (excluding diaryl/α,β-unsaturated/α-hetero) is 3. The molecule has 0 fully saturated rings. The van der Waals surface area contributed by atoms with Gasteiger partial charge in [-0.05, 0) is 6.92 Å². The number of aliphatic hydroxyl groups is 3. The van der Waals surface area contributed by atoms with Crippen molar-refractivity contribution in [3.05, 3.63) is 12.2 Å². The summed E-state index contributed by atoms with van der Waals surface area (Å²) in [6.45, 7) is 1.05. The van der Waals surface area contributed by atoms with Crippen LogP contribution in [0.5, 0.6) is 0 Å². The van der Waals surface area contributed by atoms with Crippen LogP contribution in [-0.4, -0.2) is 67.8 Å². The maximum Gasteiger partial charge on any atom is 0.256 e. The number of hydrogen-bond acceptors (Lipinski definition) is 8. The molecule has 0 aromatic rings. The smallest absolute Gasteiger partial charge is 0.256 e. The minimum Gasteiger partial charge on any atom is -0.385 e. The Hall–Kier alpha value is -2.23. The third-order valence-corrected chi connectivity index (χ3v) is 3.01. The molecule has 2 amide bonds. The number of carbonyl (C=O) groups is 5. The average Bonchev–Trinajstić information content (AvgIpc) is 2.76. The summed E-state index contributed by atoms with van der Waals surface area (Å²) in [5.41, 5.74) is 0. The standard InChI is InChI=1S/C13H15NO8/c1-6(15)7(16)4-8(17)9(18)5-10(19)13(22)14-11(20)2-3-12(14)21/h2-3,7,9,13,16,18,22H,4-5H2,1H3/t7-,9+,13-/m0/s1. The van der Waals surface area contributed by atoms with Crippen LogP contribution in [0.4, 0.5) is 0 Å². The van der Waals surface area contributed by atoms with Crippen LogP contribution in [-0.2, 0) is 24.0 Å². The van der Waals surface area contributed by atoms with E-state index in [0.29, 0.717) is 0 Å². The Morgan fingerprint density at radius 2 is 1.41 bits per heavy atom. The van der Waals surface area contributed by atoms with E-state index in [-0.39, 0.29) is 4.90 Å². The van der Waals surface area contributed by atoms with Crippen molar-refractivity contribution in [2.24, 2.45) is 0 Å². The van der Waals surface area contributed by atoms with E-state index in [1.54, 1.807) is 0 Å². The lowest BCUT2D eigenvalue weighted by atomic mass is 10.0. The molecular formula is C13H15NO8. The van der Waals surface area contributed by atoms with Gasteiger partial charge in [-0.25, -0.2) is 4.90 Å². The molecule has 0 aliphatic carbocycles. The van der Waals surface area contributed by atoms with Crippen LogP contribution in [0.2, 0.25) is 0 Å². The highest BCUT2D eigenvalue weighted by Crippen LogP contribution is 2.11. The number of aliphatic hydroxyl groups excluding tert-OH is 3. The molecule has 1 aliphatic rings. The number of imide groups is 1. The van der Waals surface area contributed by atoms with Crippen LogP contribution in [0.25, 0.3) is 0 Å². The highest BCUT2D eigenvalue weighted by atomic mass is 16.3. The summed E-state index contributed by atoms with van der Waals surface area (Å²) >= 11 is 0. The second-order valence-corrected chi connectivity index (χ2v) is 4.74. The zero-order valence-electron chi connectivity index (χ0n) is 11.6. The van der Waals surface area contributed by atoms with Gasteiger partial charge in [0, 0.05) is 25.0 Å². The van der Waals surface area contributed by atoms with Crippen molar-refractivity contribution < 1.29 is 39.3 Å². The van der Waals surface area contributed by atoms with Crippen LogP contribution < -0.4 is 0 Å². The first-order valence-corrected chi connectivity index (χ1v) is 6.30. The van der Waals surface area contributed by atoms with Crippen molar-refractivity contribution in [3.63, 3.8) is 0 Å². The van der Waals surface area contributed by atoms with Crippen LogP contribution >= 0.6 is 0 Å². The van der Waals surface area contributed by atoms with Gasteiger partial charge < -0.3 is 15.3 Å². The zero-order chi connectivity index (χ0) is 17.0. The number of hydrogen-bond donors (Lipinski definition) is 3. The van der Waals surface area contributed by atoms with Gasteiger partial charge in [0.1, 0.15) is 12.2 Å². The van der Waals surface area contributed by atoms with Crippen LogP contribution in [0.3, 0.4) is 0 Å². The molecule has 1 heterocycles. The van der Waals surface area contributed by atoms with Crippen molar-refractivity contribution in [1.29, 1.82) is 0 Å². The summed E-state index contributed by atoms with van der Waals surface area (Å²) in [5, 5.41) is 28.4. The third-order valence-electron chi connectivity index (χ3n) is 3.01. The molecule has 9 heteroatoms. The fraction of sp³-hybridized carbons (Fsp3) is 0.462. The Bertz CT molecular complexity index is 534. The normalized spacial score (nSPS) is 18.3. The molecule has 0 aromatic heterocycles. The average molecular weight is 313 g/mol. The lowest BCUT2D eigenvalue weighted by molar-refractivity contribution is -0.157. The molecule has 9 nitrogen and oxygen atoms in total. The first-order valence-electron chi connectivity index (χ1n) is 6.30. The van der Waals surface area contributed by atoms with Crippen molar-refractivity contribution in [3.8, 4) is 0 Å². The molecule has 120 valence electrons. The number of amides is 2. The molecule has 1 rings (SSSR count). The van der Waals surface area contributed by atoms with Crippen molar-refractivity contribution in [1.82, 2.24) is 4.90 Å². The maximum atomic E-state index is 11.7. The van der Waals surface area contributed by atoms with Crippen molar-refractivity contribution in [2.45, 2.75) is 38.2 Å². The first-order chi connectivity index (χ1) is 10.1. The van der Waals surface area contributed by atoms with Crippen molar-refractivity contribution in [2.75, 3.05) is 0 Å². The summed E-state index contributed by atoms with van der Waals surface area (Å²) in [4.78, 5) is 56.8. The van der Waals surface area contributed by atoms with E-state index in [1.807, 2.05) is 0 Å². The Morgan fingerprint density at radius 1 is 0.955 bits per heavy atom. The fourth-order valence-corrected chi connectivity index (χ4v) is 1.68. The van der Waals surface area contributed by atoms with Gasteiger partial charge in [0.25, 0.3) is 11.8 Å². The van der Waals surface area contributed by atoms with E-state index in [9.17, 15) is 39.3 Å². The second-order valence-electron chi connectivity index (χ2n) is 4.74. The molecule has 0 radical (unpaired) electrons. The van der Waals surface area contributed by atoms with Gasteiger partial charge in [0.05, 0.1) is 0 Å². The molecule has 0 unspecified atom stereocenters. The molecular weight excluding hydrogens is 298 g/mol. The molecule has 3 N–H and O–H groups in total. The van der Waals surface area contributed by atoms with E-state index in [1.165, 1.54) is 0 Å². The quantitative estimate of drug-likeness (QED) is 0.415. The van der Waals surface area contributed by atoms with Gasteiger partial charge in [-0.3, -0.25) is 24.0 Å². The van der Waals surface area contributed by atoms with Crippen LogP contribution in [0.1, 0.15) is 19.8 Å². The Morgan fingerprint density at radius 3 is 1.86 bits per heavy atom. The summed E-state index contributed by atoms with van der Waals surface area (Å²) < 4.78 is 0. The van der Waals surface area contributed by atoms with Crippen LogP contribution in [0, 0.1) is 0 Å². The van der Waals surface area contributed by atoms with E-state index in [0.717, 1.165) is 19.1 Å². The monoisotopic (exact) mass is 313 g/mol. The number of ketones is 3. The van der Waals surface area contributed by atoms with Gasteiger partial charge >= 0.3 is 0 Å². The summed E-state index contributed by atoms with van der Waals surface area (Å²) in [6.07, 6.45) is -5.38. The highest BCUT2D eigenvalue weighted by Gasteiger charge is 2.35. The summed E-state index contributed by atoms with van der Waals surface area (Å²) in [6, 6.07) is 0. The fourth-order valence-electron chi connectivity index (χ4n) is 1.68. The minimum absolute atomic E-state index is 0.282. The molecule has 3 atom stereocenters. The molecule has 0 saturated carbocycles. The lowest BCUT2D eigenvalue weighted by Crippen LogP contribution is -2.46. The molecule has 0 aromatic carbocycles. The van der Waals surface area contributed by atoms with Gasteiger partial charge in [0.2, 0.25) is 0 Å². The highest BCUT2D eigenvalue weighted by molar-refractivity contribution is 6.15.